The van der Waals surface area contributed by atoms with E-state index >= 15 is 0 Å². The minimum Gasteiger partial charge on any atom is -0.492 e. The van der Waals surface area contributed by atoms with Crippen LogP contribution in [0, 0.1) is 17.1 Å². The molecule has 0 radical (unpaired) electrons. The van der Waals surface area contributed by atoms with Gasteiger partial charge in [-0.15, -0.1) is 0 Å². The molecule has 33 heavy (non-hydrogen) atoms. The topological polar surface area (TPSA) is 90.3 Å². The molecule has 2 N–H and O–H groups in total. The molecular weight excluding hydrogens is 445 g/mol. The number of nitrogens with zero attached hydrogens (tertiary/aromatic N) is 3. The number of pyridine rings is 1. The highest BCUT2D eigenvalue weighted by Gasteiger charge is 2.15. The molecule has 2 aromatic carbocycles. The van der Waals surface area contributed by atoms with Gasteiger partial charge in [0.15, 0.2) is 0 Å². The van der Waals surface area contributed by atoms with Gasteiger partial charge in [-0.05, 0) is 45.2 Å². The molecule has 7 nitrogen and oxygen atoms in total. The number of benzene rings is 2. The lowest BCUT2D eigenvalue weighted by Gasteiger charge is -2.16. The molecule has 9 heteroatoms. The van der Waals surface area contributed by atoms with Gasteiger partial charge in [0.05, 0.1) is 40.9 Å². The second-order valence-corrected chi connectivity index (χ2v) is 7.31. The van der Waals surface area contributed by atoms with Crippen LogP contribution in [-0.2, 0) is 4.79 Å². The number of nitrogens with one attached hydrogen (secondary N) is 2. The van der Waals surface area contributed by atoms with Gasteiger partial charge >= 0.3 is 0 Å². The summed E-state index contributed by atoms with van der Waals surface area (Å²) in [5, 5.41) is 14.3. The number of rotatable bonds is 8. The van der Waals surface area contributed by atoms with E-state index in [1.54, 1.807) is 25.9 Å². The van der Waals surface area contributed by atoms with E-state index in [9.17, 15) is 14.4 Å². The Morgan fingerprint density at radius 3 is 2.94 bits per heavy atom. The van der Waals surface area contributed by atoms with Crippen LogP contribution < -0.4 is 15.4 Å². The number of ether oxygens (including phenoxy) is 1. The molecule has 1 amide bonds. The smallest absolute Gasteiger partial charge is 0.248 e. The molecule has 1 aromatic heterocycles. The van der Waals surface area contributed by atoms with Crippen molar-refractivity contribution in [2.45, 2.75) is 6.92 Å². The Balaban J connectivity index is 2.27. The molecule has 0 aliphatic heterocycles. The Morgan fingerprint density at radius 1 is 1.45 bits per heavy atom. The van der Waals surface area contributed by atoms with Crippen molar-refractivity contribution in [2.75, 3.05) is 37.9 Å². The predicted octanol–water partition coefficient (Wildman–Crippen LogP) is 5.10. The van der Waals surface area contributed by atoms with Gasteiger partial charge in [0.2, 0.25) is 5.91 Å². The average molecular weight is 473 g/mol. The number of carbonyl (C=O) groups is 1. The van der Waals surface area contributed by atoms with Crippen LogP contribution in [0.15, 0.2) is 48.6 Å². The number of hydrogen-bond donors (Lipinski definition) is 2. The molecule has 3 aromatic rings. The second kappa shape index (κ2) is 10.8. The van der Waals surface area contributed by atoms with Crippen molar-refractivity contribution in [2.24, 2.45) is 0 Å². The molecule has 0 saturated heterocycles. The van der Waals surface area contributed by atoms with E-state index in [4.69, 9.17) is 23.2 Å². The molecule has 0 fully saturated rings. The number of fused-ring (bicyclic) bond motifs is 1. The van der Waals surface area contributed by atoms with Gasteiger partial charge in [0.1, 0.15) is 17.6 Å². The minimum atomic E-state index is -1.23. The van der Waals surface area contributed by atoms with Crippen LogP contribution in [0.4, 0.5) is 21.5 Å². The maximum atomic E-state index is 14.1. The first kappa shape index (κ1) is 17.8. The first-order valence-electron chi connectivity index (χ1n) is 12.3. The van der Waals surface area contributed by atoms with Gasteiger partial charge in [-0.1, -0.05) is 17.7 Å². The normalized spacial score (nSPS) is 13.5. The van der Waals surface area contributed by atoms with E-state index in [2.05, 4.69) is 15.6 Å². The third-order valence-corrected chi connectivity index (χ3v) is 4.46. The summed E-state index contributed by atoms with van der Waals surface area (Å²) in [6.07, 6.45) is 2.59. The number of carbonyl (C=O) groups excluding carboxylic acids is 1. The molecule has 0 saturated carbocycles. The summed E-state index contributed by atoms with van der Waals surface area (Å²) in [6, 6.07) is 0.528. The quantitative estimate of drug-likeness (QED) is 0.443. The van der Waals surface area contributed by atoms with Crippen molar-refractivity contribution in [3.05, 3.63) is 65.0 Å². The zero-order valence-electron chi connectivity index (χ0n) is 23.1. The van der Waals surface area contributed by atoms with Crippen molar-refractivity contribution < 1.29 is 20.8 Å². The molecule has 0 spiro atoms. The first-order valence-corrected chi connectivity index (χ1v) is 10.1. The summed E-state index contributed by atoms with van der Waals surface area (Å²) >= 11 is 5.85. The van der Waals surface area contributed by atoms with Crippen molar-refractivity contribution in [3.63, 3.8) is 0 Å². The van der Waals surface area contributed by atoms with Gasteiger partial charge in [0.25, 0.3) is 0 Å². The highest BCUT2D eigenvalue weighted by Crippen LogP contribution is 2.36. The van der Waals surface area contributed by atoms with E-state index in [0.29, 0.717) is 6.54 Å². The second-order valence-electron chi connectivity index (χ2n) is 6.93. The lowest BCUT2D eigenvalue weighted by molar-refractivity contribution is -0.111. The summed E-state index contributed by atoms with van der Waals surface area (Å²) in [5.41, 5.74) is -0.443. The van der Waals surface area contributed by atoms with E-state index in [1.807, 2.05) is 6.07 Å². The summed E-state index contributed by atoms with van der Waals surface area (Å²) in [6.45, 7) is 2.22. The first-order chi connectivity index (χ1) is 17.9. The standard InChI is InChI=1S/C24H23ClFN5O2/c1-4-33-22-12-20-17(11-21(22)30-23(32)6-5-9-31(2)3)24(15(13-27)14-28-20)29-16-7-8-19(26)18(25)10-16/h5-8,10-12,14H,4,9H2,1-3H3,(H,28,29)(H,30,32)/b6-5+/i6D,7D,8D,10D,11D. The fourth-order valence-corrected chi connectivity index (χ4v) is 2.89. The number of halogens is 2. The molecular formula is C24H23ClFN5O2. The van der Waals surface area contributed by atoms with E-state index in [-0.39, 0.29) is 58.0 Å². The lowest BCUT2D eigenvalue weighted by atomic mass is 10.1. The number of hydrogen-bond acceptors (Lipinski definition) is 6. The fourth-order valence-electron chi connectivity index (χ4n) is 2.75. The van der Waals surface area contributed by atoms with Crippen molar-refractivity contribution in [3.8, 4) is 11.8 Å². The lowest BCUT2D eigenvalue weighted by Crippen LogP contribution is -2.13. The largest absolute Gasteiger partial charge is 0.492 e. The van der Waals surface area contributed by atoms with Crippen LogP contribution in [0.3, 0.4) is 0 Å². The van der Waals surface area contributed by atoms with Crippen LogP contribution in [0.25, 0.3) is 10.9 Å². The number of aromatic nitrogens is 1. The molecule has 1 heterocycles. The molecule has 0 bridgehead atoms. The van der Waals surface area contributed by atoms with Crippen LogP contribution >= 0.6 is 11.6 Å². The summed E-state index contributed by atoms with van der Waals surface area (Å²) in [5.74, 6) is -1.93. The van der Waals surface area contributed by atoms with E-state index in [1.165, 1.54) is 18.3 Å². The highest BCUT2D eigenvalue weighted by molar-refractivity contribution is 6.31. The maximum Gasteiger partial charge on any atom is 0.248 e. The SMILES string of the molecule is [2H]/C(=C\CN(C)C)C(=O)Nc1c(OCC)cc2ncc(C#N)c(Nc3c([2H])c([2H])c(F)c(Cl)c3[2H])c2c1[2H]. The molecule has 3 rings (SSSR count). The average Bonchev–Trinajstić information content (AvgIpc) is 2.89. The number of likely N-dealkylation sites (N-methyl/N-ethyl adjacent to an activating group) is 1. The molecule has 0 atom stereocenters. The molecule has 0 aliphatic carbocycles. The van der Waals surface area contributed by atoms with Gasteiger partial charge in [-0.3, -0.25) is 9.78 Å². The summed E-state index contributed by atoms with van der Waals surface area (Å²) in [7, 11) is 3.55. The molecule has 170 valence electrons. The maximum absolute atomic E-state index is 14.1. The summed E-state index contributed by atoms with van der Waals surface area (Å²) < 4.78 is 60.8. The van der Waals surface area contributed by atoms with Gasteiger partial charge in [-0.2, -0.15) is 5.26 Å². The molecule has 0 unspecified atom stereocenters. The highest BCUT2D eigenvalue weighted by atomic mass is 35.5. The van der Waals surface area contributed by atoms with Crippen molar-refractivity contribution in [1.29, 1.82) is 5.26 Å². The minimum absolute atomic E-state index is 0.0115. The Bertz CT molecular complexity index is 1480. The van der Waals surface area contributed by atoms with E-state index < -0.39 is 34.9 Å². The van der Waals surface area contributed by atoms with Gasteiger partial charge in [0, 0.05) is 35.9 Å². The zero-order valence-corrected chi connectivity index (χ0v) is 18.8. The van der Waals surface area contributed by atoms with Crippen LogP contribution in [0.5, 0.6) is 5.75 Å². The Morgan fingerprint density at radius 2 is 2.24 bits per heavy atom. The van der Waals surface area contributed by atoms with Gasteiger partial charge < -0.3 is 20.3 Å². The van der Waals surface area contributed by atoms with Crippen molar-refractivity contribution >= 4 is 45.5 Å². The third kappa shape index (κ3) is 5.98. The van der Waals surface area contributed by atoms with E-state index in [0.717, 1.165) is 0 Å². The Kier molecular flexibility index (Phi) is 5.82. The number of nitriles is 1. The predicted molar refractivity (Wildman–Crippen MR) is 129 cm³/mol. The molecule has 0 aliphatic rings. The zero-order chi connectivity index (χ0) is 28.3. The number of anilines is 3. The summed E-state index contributed by atoms with van der Waals surface area (Å²) in [4.78, 5) is 18.7. The van der Waals surface area contributed by atoms with Crippen LogP contribution in [-0.4, -0.2) is 43.0 Å². The fraction of sp³-hybridized carbons (Fsp3) is 0.208. The van der Waals surface area contributed by atoms with Crippen LogP contribution in [0.2, 0.25) is 5.02 Å². The van der Waals surface area contributed by atoms with Gasteiger partial charge in [-0.25, -0.2) is 4.39 Å². The Labute approximate surface area is 203 Å². The number of amides is 1. The van der Waals surface area contributed by atoms with Crippen LogP contribution in [0.1, 0.15) is 19.3 Å². The Hall–Kier alpha value is -3.67. The monoisotopic (exact) mass is 472 g/mol. The third-order valence-electron chi connectivity index (χ3n) is 4.20. The van der Waals surface area contributed by atoms with Crippen molar-refractivity contribution in [1.82, 2.24) is 9.88 Å².